The van der Waals surface area contributed by atoms with E-state index in [9.17, 15) is 0 Å². The molecule has 0 spiro atoms. The Labute approximate surface area is 117 Å². The van der Waals surface area contributed by atoms with Crippen molar-refractivity contribution in [1.82, 2.24) is 10.2 Å². The lowest BCUT2D eigenvalue weighted by Gasteiger charge is -2.43. The van der Waals surface area contributed by atoms with Gasteiger partial charge in [-0.2, -0.15) is 0 Å². The van der Waals surface area contributed by atoms with Crippen LogP contribution >= 0.6 is 0 Å². The summed E-state index contributed by atoms with van der Waals surface area (Å²) in [6.07, 6.45) is 6.54. The normalized spacial score (nSPS) is 26.5. The molecule has 3 heteroatoms. The highest BCUT2D eigenvalue weighted by Gasteiger charge is 2.29. The Morgan fingerprint density at radius 2 is 2.32 bits per heavy atom. The third-order valence-electron chi connectivity index (χ3n) is 4.29. The maximum Gasteiger partial charge on any atom is 0.105 e. The molecule has 2 rings (SSSR count). The van der Waals surface area contributed by atoms with Gasteiger partial charge in [0, 0.05) is 37.6 Å². The van der Waals surface area contributed by atoms with Crippen molar-refractivity contribution in [2.75, 3.05) is 13.1 Å². The van der Waals surface area contributed by atoms with Crippen molar-refractivity contribution >= 4 is 0 Å². The molecule has 1 N–H and O–H groups in total. The average Bonchev–Trinajstić information content (AvgIpc) is 2.92. The number of rotatable bonds is 6. The lowest BCUT2D eigenvalue weighted by Crippen LogP contribution is -2.59. The molecule has 1 aliphatic heterocycles. The Bertz CT molecular complexity index is 350. The van der Waals surface area contributed by atoms with Crippen molar-refractivity contribution in [1.29, 1.82) is 0 Å². The number of piperazine rings is 1. The first-order valence-corrected chi connectivity index (χ1v) is 7.76. The fourth-order valence-corrected chi connectivity index (χ4v) is 3.19. The first-order chi connectivity index (χ1) is 9.24. The van der Waals surface area contributed by atoms with Crippen LogP contribution in [0.1, 0.15) is 45.8 Å². The molecule has 0 aliphatic carbocycles. The van der Waals surface area contributed by atoms with E-state index in [1.54, 1.807) is 6.26 Å². The van der Waals surface area contributed by atoms with Crippen LogP contribution in [0.5, 0.6) is 0 Å². The van der Waals surface area contributed by atoms with Crippen molar-refractivity contribution in [2.24, 2.45) is 0 Å². The fraction of sp³-hybridized carbons (Fsp3) is 0.750. The van der Waals surface area contributed by atoms with Crippen LogP contribution in [0.25, 0.3) is 0 Å². The van der Waals surface area contributed by atoms with Gasteiger partial charge in [-0.05, 0) is 31.9 Å². The Morgan fingerprint density at radius 1 is 1.47 bits per heavy atom. The molecule has 3 atom stereocenters. The van der Waals surface area contributed by atoms with Gasteiger partial charge in [-0.1, -0.05) is 20.3 Å². The summed E-state index contributed by atoms with van der Waals surface area (Å²) in [6.45, 7) is 9.20. The summed E-state index contributed by atoms with van der Waals surface area (Å²) in [5.41, 5.74) is 0. The summed E-state index contributed by atoms with van der Waals surface area (Å²) in [5.74, 6) is 1.10. The SMILES string of the molecule is CCCC1CN(C(C)Cc2ccco2)C(CC)CN1. The highest BCUT2D eigenvalue weighted by molar-refractivity contribution is 5.01. The largest absolute Gasteiger partial charge is 0.469 e. The van der Waals surface area contributed by atoms with Crippen molar-refractivity contribution in [3.05, 3.63) is 24.2 Å². The third-order valence-corrected chi connectivity index (χ3v) is 4.29. The second-order valence-electron chi connectivity index (χ2n) is 5.79. The van der Waals surface area contributed by atoms with Gasteiger partial charge in [0.1, 0.15) is 5.76 Å². The lowest BCUT2D eigenvalue weighted by molar-refractivity contribution is 0.0813. The molecular weight excluding hydrogens is 236 g/mol. The van der Waals surface area contributed by atoms with E-state index in [0.29, 0.717) is 18.1 Å². The Hall–Kier alpha value is -0.800. The van der Waals surface area contributed by atoms with Gasteiger partial charge in [-0.25, -0.2) is 0 Å². The molecule has 0 aromatic carbocycles. The lowest BCUT2D eigenvalue weighted by atomic mass is 10.00. The molecule has 1 fully saturated rings. The van der Waals surface area contributed by atoms with Gasteiger partial charge in [0.2, 0.25) is 0 Å². The number of nitrogens with zero attached hydrogens (tertiary/aromatic N) is 1. The van der Waals surface area contributed by atoms with Gasteiger partial charge in [0.05, 0.1) is 6.26 Å². The van der Waals surface area contributed by atoms with E-state index in [0.717, 1.165) is 18.7 Å². The highest BCUT2D eigenvalue weighted by atomic mass is 16.3. The molecular formula is C16H28N2O. The summed E-state index contributed by atoms with van der Waals surface area (Å²) >= 11 is 0. The summed E-state index contributed by atoms with van der Waals surface area (Å²) in [4.78, 5) is 2.68. The minimum absolute atomic E-state index is 0.553. The van der Waals surface area contributed by atoms with Crippen molar-refractivity contribution in [2.45, 2.75) is 64.6 Å². The zero-order chi connectivity index (χ0) is 13.7. The Morgan fingerprint density at radius 3 is 2.95 bits per heavy atom. The van der Waals surface area contributed by atoms with Crippen LogP contribution in [0.4, 0.5) is 0 Å². The Kier molecular flexibility index (Phi) is 5.46. The van der Waals surface area contributed by atoms with Crippen LogP contribution in [0.15, 0.2) is 22.8 Å². The second-order valence-corrected chi connectivity index (χ2v) is 5.79. The number of hydrogen-bond donors (Lipinski definition) is 1. The zero-order valence-corrected chi connectivity index (χ0v) is 12.6. The maximum absolute atomic E-state index is 5.50. The van der Waals surface area contributed by atoms with E-state index in [-0.39, 0.29) is 0 Å². The van der Waals surface area contributed by atoms with Crippen LogP contribution in [-0.4, -0.2) is 36.1 Å². The van der Waals surface area contributed by atoms with Gasteiger partial charge in [-0.15, -0.1) is 0 Å². The fourth-order valence-electron chi connectivity index (χ4n) is 3.19. The first-order valence-electron chi connectivity index (χ1n) is 7.76. The predicted octanol–water partition coefficient (Wildman–Crippen LogP) is 3.06. The molecule has 0 bridgehead atoms. The molecule has 0 saturated carbocycles. The van der Waals surface area contributed by atoms with Crippen LogP contribution in [0.2, 0.25) is 0 Å². The van der Waals surface area contributed by atoms with E-state index < -0.39 is 0 Å². The van der Waals surface area contributed by atoms with Crippen LogP contribution in [0.3, 0.4) is 0 Å². The minimum Gasteiger partial charge on any atom is -0.469 e. The van der Waals surface area contributed by atoms with Crippen molar-refractivity contribution < 1.29 is 4.42 Å². The summed E-state index contributed by atoms with van der Waals surface area (Å²) in [5, 5.41) is 3.70. The summed E-state index contributed by atoms with van der Waals surface area (Å²) in [6, 6.07) is 5.95. The third kappa shape index (κ3) is 3.83. The highest BCUT2D eigenvalue weighted by Crippen LogP contribution is 2.19. The van der Waals surface area contributed by atoms with E-state index in [2.05, 4.69) is 37.1 Å². The van der Waals surface area contributed by atoms with Crippen LogP contribution < -0.4 is 5.32 Å². The van der Waals surface area contributed by atoms with E-state index in [1.807, 2.05) is 6.07 Å². The number of furan rings is 1. The predicted molar refractivity (Wildman–Crippen MR) is 79.4 cm³/mol. The maximum atomic E-state index is 5.50. The van der Waals surface area contributed by atoms with Gasteiger partial charge in [0.15, 0.2) is 0 Å². The van der Waals surface area contributed by atoms with E-state index in [4.69, 9.17) is 4.42 Å². The van der Waals surface area contributed by atoms with Crippen LogP contribution in [-0.2, 0) is 6.42 Å². The molecule has 3 nitrogen and oxygen atoms in total. The molecule has 0 radical (unpaired) electrons. The van der Waals surface area contributed by atoms with Gasteiger partial charge < -0.3 is 9.73 Å². The topological polar surface area (TPSA) is 28.4 Å². The van der Waals surface area contributed by atoms with E-state index >= 15 is 0 Å². The van der Waals surface area contributed by atoms with Crippen molar-refractivity contribution in [3.63, 3.8) is 0 Å². The molecule has 19 heavy (non-hydrogen) atoms. The smallest absolute Gasteiger partial charge is 0.105 e. The molecule has 3 unspecified atom stereocenters. The molecule has 1 aliphatic rings. The molecule has 1 aromatic rings. The quantitative estimate of drug-likeness (QED) is 0.856. The van der Waals surface area contributed by atoms with Crippen LogP contribution in [0, 0.1) is 0 Å². The zero-order valence-electron chi connectivity index (χ0n) is 12.6. The average molecular weight is 264 g/mol. The molecule has 1 saturated heterocycles. The van der Waals surface area contributed by atoms with E-state index in [1.165, 1.54) is 25.8 Å². The molecule has 1 aromatic heterocycles. The minimum atomic E-state index is 0.553. The monoisotopic (exact) mass is 264 g/mol. The summed E-state index contributed by atoms with van der Waals surface area (Å²) in [7, 11) is 0. The summed E-state index contributed by atoms with van der Waals surface area (Å²) < 4.78 is 5.50. The molecule has 108 valence electrons. The Balaban J connectivity index is 1.96. The number of hydrogen-bond acceptors (Lipinski definition) is 3. The molecule has 0 amide bonds. The van der Waals surface area contributed by atoms with Gasteiger partial charge >= 0.3 is 0 Å². The van der Waals surface area contributed by atoms with Gasteiger partial charge in [0.25, 0.3) is 0 Å². The van der Waals surface area contributed by atoms with Gasteiger partial charge in [-0.3, -0.25) is 4.90 Å². The standard InChI is InChI=1S/C16H28N2O/c1-4-7-14-12-18(15(5-2)11-17-14)13(3)10-16-8-6-9-19-16/h6,8-9,13-15,17H,4-5,7,10-12H2,1-3H3. The number of nitrogens with one attached hydrogen (secondary N) is 1. The molecule has 2 heterocycles. The second kappa shape index (κ2) is 7.11. The first kappa shape index (κ1) is 14.6. The van der Waals surface area contributed by atoms with Crippen molar-refractivity contribution in [3.8, 4) is 0 Å².